The lowest BCUT2D eigenvalue weighted by Crippen LogP contribution is -2.47. The molecule has 0 bridgehead atoms. The van der Waals surface area contributed by atoms with Crippen LogP contribution in [0.1, 0.15) is 96.3 Å². The van der Waals surface area contributed by atoms with Gasteiger partial charge in [-0.25, -0.2) is 0 Å². The second-order valence-electron chi connectivity index (χ2n) is 7.17. The van der Waals surface area contributed by atoms with Crippen molar-refractivity contribution in [3.05, 3.63) is 0 Å². The van der Waals surface area contributed by atoms with Crippen molar-refractivity contribution in [3.63, 3.8) is 0 Å². The number of hydrogen-bond acceptors (Lipinski definition) is 4. The van der Waals surface area contributed by atoms with Crippen LogP contribution in [0.15, 0.2) is 0 Å². The lowest BCUT2D eigenvalue weighted by molar-refractivity contribution is 0.112. The fourth-order valence-electron chi connectivity index (χ4n) is 2.95. The zero-order valence-electron chi connectivity index (χ0n) is 15.3. The van der Waals surface area contributed by atoms with Gasteiger partial charge in [-0.2, -0.15) is 0 Å². The second-order valence-corrected chi connectivity index (χ2v) is 7.17. The van der Waals surface area contributed by atoms with Crippen LogP contribution in [-0.4, -0.2) is 35.5 Å². The monoisotopic (exact) mass is 330 g/mol. The fourth-order valence-corrected chi connectivity index (χ4v) is 2.95. The molecule has 0 aliphatic carbocycles. The summed E-state index contributed by atoms with van der Waals surface area (Å²) in [4.78, 5) is 0. The molecule has 0 aromatic rings. The van der Waals surface area contributed by atoms with E-state index < -0.39 is 5.54 Å². The van der Waals surface area contributed by atoms with E-state index in [0.717, 1.165) is 19.4 Å². The van der Waals surface area contributed by atoms with Crippen molar-refractivity contribution in [1.82, 2.24) is 0 Å². The van der Waals surface area contributed by atoms with Gasteiger partial charge in [0.05, 0.1) is 18.8 Å². The molecular weight excluding hydrogens is 288 g/mol. The second kappa shape index (κ2) is 16.7. The van der Waals surface area contributed by atoms with Gasteiger partial charge in [-0.3, -0.25) is 0 Å². The van der Waals surface area contributed by atoms with Gasteiger partial charge < -0.3 is 21.7 Å². The quantitative estimate of drug-likeness (QED) is 0.289. The molecule has 0 aliphatic rings. The molecule has 4 heteroatoms. The van der Waals surface area contributed by atoms with E-state index in [0.29, 0.717) is 6.42 Å². The molecule has 0 amide bonds. The van der Waals surface area contributed by atoms with Gasteiger partial charge in [0.25, 0.3) is 0 Å². The number of aliphatic hydroxyl groups is 2. The van der Waals surface area contributed by atoms with Gasteiger partial charge in [-0.15, -0.1) is 0 Å². The van der Waals surface area contributed by atoms with Gasteiger partial charge in [0.1, 0.15) is 0 Å². The minimum atomic E-state index is -0.773. The van der Waals surface area contributed by atoms with E-state index >= 15 is 0 Å². The highest BCUT2D eigenvalue weighted by Crippen LogP contribution is 2.15. The molecular formula is C19H42N2O2. The van der Waals surface area contributed by atoms with E-state index in [4.69, 9.17) is 21.7 Å². The highest BCUT2D eigenvalue weighted by atomic mass is 16.3. The van der Waals surface area contributed by atoms with Gasteiger partial charge in [0.2, 0.25) is 0 Å². The SMILES string of the molecule is NCCCCCCCCCCCCCCCCC(N)(CO)CO. The summed E-state index contributed by atoms with van der Waals surface area (Å²) in [5.74, 6) is 0. The van der Waals surface area contributed by atoms with Crippen molar-refractivity contribution in [1.29, 1.82) is 0 Å². The van der Waals surface area contributed by atoms with E-state index in [1.54, 1.807) is 0 Å². The van der Waals surface area contributed by atoms with Crippen molar-refractivity contribution in [3.8, 4) is 0 Å². The zero-order chi connectivity index (χ0) is 17.2. The summed E-state index contributed by atoms with van der Waals surface area (Å²) >= 11 is 0. The van der Waals surface area contributed by atoms with Gasteiger partial charge in [0.15, 0.2) is 0 Å². The average Bonchev–Trinajstić information content (AvgIpc) is 2.58. The Morgan fingerprint density at radius 2 is 0.826 bits per heavy atom. The Morgan fingerprint density at radius 3 is 1.13 bits per heavy atom. The maximum atomic E-state index is 9.11. The van der Waals surface area contributed by atoms with Crippen LogP contribution in [-0.2, 0) is 0 Å². The normalized spacial score (nSPS) is 12.0. The highest BCUT2D eigenvalue weighted by molar-refractivity contribution is 4.81. The molecule has 6 N–H and O–H groups in total. The van der Waals surface area contributed by atoms with E-state index in [1.807, 2.05) is 0 Å². The Hall–Kier alpha value is -0.160. The predicted octanol–water partition coefficient (Wildman–Crippen LogP) is 3.48. The topological polar surface area (TPSA) is 92.5 Å². The number of aliphatic hydroxyl groups excluding tert-OH is 2. The van der Waals surface area contributed by atoms with Crippen LogP contribution in [0.2, 0.25) is 0 Å². The first-order chi connectivity index (χ1) is 11.2. The van der Waals surface area contributed by atoms with Gasteiger partial charge in [0, 0.05) is 0 Å². The smallest absolute Gasteiger partial charge is 0.0633 e. The van der Waals surface area contributed by atoms with Crippen LogP contribution in [0, 0.1) is 0 Å². The van der Waals surface area contributed by atoms with Crippen LogP contribution in [0.3, 0.4) is 0 Å². The minimum absolute atomic E-state index is 0.128. The van der Waals surface area contributed by atoms with Gasteiger partial charge in [-0.1, -0.05) is 83.5 Å². The first kappa shape index (κ1) is 22.8. The summed E-state index contributed by atoms with van der Waals surface area (Å²) in [5, 5.41) is 18.2. The zero-order valence-corrected chi connectivity index (χ0v) is 15.3. The number of rotatable bonds is 18. The molecule has 0 radical (unpaired) electrons. The van der Waals surface area contributed by atoms with Crippen molar-refractivity contribution in [2.24, 2.45) is 11.5 Å². The molecule has 0 aromatic carbocycles. The molecule has 0 atom stereocenters. The third-order valence-electron chi connectivity index (χ3n) is 4.76. The highest BCUT2D eigenvalue weighted by Gasteiger charge is 2.21. The van der Waals surface area contributed by atoms with Gasteiger partial charge >= 0.3 is 0 Å². The lowest BCUT2D eigenvalue weighted by Gasteiger charge is -2.24. The van der Waals surface area contributed by atoms with E-state index in [-0.39, 0.29) is 13.2 Å². The molecule has 0 fully saturated rings. The van der Waals surface area contributed by atoms with Crippen LogP contribution in [0.4, 0.5) is 0 Å². The molecule has 4 nitrogen and oxygen atoms in total. The molecule has 0 saturated carbocycles. The van der Waals surface area contributed by atoms with Crippen molar-refractivity contribution in [2.75, 3.05) is 19.8 Å². The van der Waals surface area contributed by atoms with Crippen LogP contribution >= 0.6 is 0 Å². The van der Waals surface area contributed by atoms with Crippen LogP contribution < -0.4 is 11.5 Å². The number of unbranched alkanes of at least 4 members (excludes halogenated alkanes) is 13. The predicted molar refractivity (Wildman–Crippen MR) is 99.4 cm³/mol. The molecule has 0 rings (SSSR count). The molecule has 0 spiro atoms. The molecule has 140 valence electrons. The van der Waals surface area contributed by atoms with Crippen LogP contribution in [0.5, 0.6) is 0 Å². The standard InChI is InChI=1S/C19H42N2O2/c20-16-14-12-10-8-6-4-2-1-3-5-7-9-11-13-15-19(21,17-22)18-23/h22-23H,1-18,20-21H2. The fraction of sp³-hybridized carbons (Fsp3) is 1.00. The van der Waals surface area contributed by atoms with Crippen LogP contribution in [0.25, 0.3) is 0 Å². The molecule has 0 unspecified atom stereocenters. The lowest BCUT2D eigenvalue weighted by atomic mass is 9.94. The van der Waals surface area contributed by atoms with Crippen molar-refractivity contribution < 1.29 is 10.2 Å². The first-order valence-corrected chi connectivity index (χ1v) is 9.89. The largest absolute Gasteiger partial charge is 0.394 e. The minimum Gasteiger partial charge on any atom is -0.394 e. The van der Waals surface area contributed by atoms with Crippen molar-refractivity contribution in [2.45, 2.75) is 102 Å². The molecule has 0 aromatic heterocycles. The Kier molecular flexibility index (Phi) is 16.6. The molecule has 0 heterocycles. The third kappa shape index (κ3) is 15.1. The van der Waals surface area contributed by atoms with E-state index in [1.165, 1.54) is 77.0 Å². The summed E-state index contributed by atoms with van der Waals surface area (Å²) in [6, 6.07) is 0. The average molecular weight is 331 g/mol. The van der Waals surface area contributed by atoms with E-state index in [2.05, 4.69) is 0 Å². The first-order valence-electron chi connectivity index (χ1n) is 9.89. The molecule has 0 aliphatic heterocycles. The molecule has 0 saturated heterocycles. The maximum absolute atomic E-state index is 9.11. The molecule has 23 heavy (non-hydrogen) atoms. The third-order valence-corrected chi connectivity index (χ3v) is 4.76. The van der Waals surface area contributed by atoms with Crippen molar-refractivity contribution >= 4 is 0 Å². The number of hydrogen-bond donors (Lipinski definition) is 4. The Morgan fingerprint density at radius 1 is 0.522 bits per heavy atom. The van der Waals surface area contributed by atoms with Gasteiger partial charge in [-0.05, 0) is 19.4 Å². The Labute approximate surface area is 144 Å². The van der Waals surface area contributed by atoms with E-state index in [9.17, 15) is 0 Å². The summed E-state index contributed by atoms with van der Waals surface area (Å²) in [7, 11) is 0. The summed E-state index contributed by atoms with van der Waals surface area (Å²) in [5.41, 5.74) is 10.6. The Bertz CT molecular complexity index is 233. The maximum Gasteiger partial charge on any atom is 0.0633 e. The summed E-state index contributed by atoms with van der Waals surface area (Å²) in [6.07, 6.45) is 18.9. The summed E-state index contributed by atoms with van der Waals surface area (Å²) in [6.45, 7) is 0.586. The number of nitrogens with two attached hydrogens (primary N) is 2. The Balaban J connectivity index is 3.14. The summed E-state index contributed by atoms with van der Waals surface area (Å²) < 4.78 is 0.